The molecule has 0 fully saturated rings. The number of rotatable bonds is 4. The largest absolute Gasteiger partial charge is 0.480 e. The van der Waals surface area contributed by atoms with Gasteiger partial charge in [-0.3, -0.25) is 0 Å². The molecule has 0 radical (unpaired) electrons. The predicted molar refractivity (Wildman–Crippen MR) is 54.9 cm³/mol. The molecule has 80 valence electrons. The van der Waals surface area contributed by atoms with E-state index in [1.54, 1.807) is 6.07 Å². The maximum Gasteiger partial charge on any atom is 0.299 e. The lowest BCUT2D eigenvalue weighted by Gasteiger charge is -2.09. The first-order valence-corrected chi connectivity index (χ1v) is 6.63. The van der Waals surface area contributed by atoms with Gasteiger partial charge in [-0.1, -0.05) is 0 Å². The van der Waals surface area contributed by atoms with Crippen molar-refractivity contribution in [3.63, 3.8) is 0 Å². The zero-order valence-corrected chi connectivity index (χ0v) is 9.99. The van der Waals surface area contributed by atoms with Crippen molar-refractivity contribution in [1.82, 2.24) is 8.68 Å². The zero-order valence-electron chi connectivity index (χ0n) is 7.60. The Hall–Kier alpha value is -0.370. The lowest BCUT2D eigenvalue weighted by molar-refractivity contribution is 0.402. The first-order chi connectivity index (χ1) is 6.43. The van der Waals surface area contributed by atoms with E-state index in [1.165, 1.54) is 25.7 Å². The van der Waals surface area contributed by atoms with Crippen molar-refractivity contribution in [2.24, 2.45) is 0 Å². The molecule has 0 aliphatic heterocycles. The van der Waals surface area contributed by atoms with E-state index in [-0.39, 0.29) is 6.54 Å². The van der Waals surface area contributed by atoms with Crippen LogP contribution in [0.2, 0.25) is 0 Å². The van der Waals surface area contributed by atoms with Gasteiger partial charge < -0.3 is 4.74 Å². The standard InChI is InChI=1S/C6H9ClN2O3S2/c1-9(14(7,10)11)4-5-3-6(12-2)8-13-5/h3H,4H2,1-2H3. The summed E-state index contributed by atoms with van der Waals surface area (Å²) in [6.07, 6.45) is 0. The first-order valence-electron chi connectivity index (χ1n) is 3.59. The monoisotopic (exact) mass is 256 g/mol. The lowest BCUT2D eigenvalue weighted by Crippen LogP contribution is -2.20. The van der Waals surface area contributed by atoms with Crippen molar-refractivity contribution in [3.05, 3.63) is 10.9 Å². The summed E-state index contributed by atoms with van der Waals surface area (Å²) < 4.78 is 31.5. The number of methoxy groups -OCH3 is 1. The molecule has 0 bridgehead atoms. The molecule has 8 heteroatoms. The van der Waals surface area contributed by atoms with Crippen LogP contribution in [-0.4, -0.2) is 31.3 Å². The Labute approximate surface area is 91.0 Å². The van der Waals surface area contributed by atoms with Gasteiger partial charge in [0.25, 0.3) is 9.24 Å². The Kier molecular flexibility index (Phi) is 3.71. The molecule has 0 aliphatic carbocycles. The maximum atomic E-state index is 10.9. The van der Waals surface area contributed by atoms with Crippen molar-refractivity contribution in [2.75, 3.05) is 14.2 Å². The molecule has 0 amide bonds. The average Bonchev–Trinajstić information content (AvgIpc) is 2.50. The van der Waals surface area contributed by atoms with E-state index >= 15 is 0 Å². The van der Waals surface area contributed by atoms with Crippen LogP contribution in [0.1, 0.15) is 4.88 Å². The van der Waals surface area contributed by atoms with Crippen LogP contribution >= 0.6 is 22.2 Å². The third-order valence-electron chi connectivity index (χ3n) is 1.50. The van der Waals surface area contributed by atoms with Gasteiger partial charge in [0, 0.05) is 28.7 Å². The van der Waals surface area contributed by atoms with Gasteiger partial charge in [-0.25, -0.2) is 0 Å². The highest BCUT2D eigenvalue weighted by atomic mass is 35.7. The van der Waals surface area contributed by atoms with Gasteiger partial charge in [0.2, 0.25) is 5.88 Å². The summed E-state index contributed by atoms with van der Waals surface area (Å²) >= 11 is 1.18. The fraction of sp³-hybridized carbons (Fsp3) is 0.500. The highest BCUT2D eigenvalue weighted by Gasteiger charge is 2.15. The summed E-state index contributed by atoms with van der Waals surface area (Å²) in [7, 11) is 4.37. The van der Waals surface area contributed by atoms with E-state index < -0.39 is 9.24 Å². The number of ether oxygens (including phenoxy) is 1. The van der Waals surface area contributed by atoms with E-state index in [4.69, 9.17) is 15.4 Å². The molecule has 0 atom stereocenters. The van der Waals surface area contributed by atoms with Crippen molar-refractivity contribution in [3.8, 4) is 5.88 Å². The number of nitrogens with zero attached hydrogens (tertiary/aromatic N) is 2. The molecular weight excluding hydrogens is 248 g/mol. The Morgan fingerprint density at radius 1 is 1.71 bits per heavy atom. The molecule has 0 aromatic carbocycles. The average molecular weight is 257 g/mol. The van der Waals surface area contributed by atoms with Crippen LogP contribution in [-0.2, 0) is 15.8 Å². The predicted octanol–water partition coefficient (Wildman–Crippen LogP) is 1.07. The summed E-state index contributed by atoms with van der Waals surface area (Å²) in [4.78, 5) is 0.772. The van der Waals surface area contributed by atoms with Crippen LogP contribution in [0.5, 0.6) is 5.88 Å². The van der Waals surface area contributed by atoms with Gasteiger partial charge >= 0.3 is 0 Å². The second kappa shape index (κ2) is 4.43. The summed E-state index contributed by atoms with van der Waals surface area (Å²) in [5.41, 5.74) is 0. The molecule has 5 nitrogen and oxygen atoms in total. The summed E-state index contributed by atoms with van der Waals surface area (Å²) in [5.74, 6) is 0.477. The quantitative estimate of drug-likeness (QED) is 0.756. The number of hydrogen-bond donors (Lipinski definition) is 0. The summed E-state index contributed by atoms with van der Waals surface area (Å²) in [6, 6.07) is 1.67. The Balaban J connectivity index is 2.70. The Morgan fingerprint density at radius 2 is 2.36 bits per heavy atom. The minimum Gasteiger partial charge on any atom is -0.480 e. The second-order valence-electron chi connectivity index (χ2n) is 2.53. The summed E-state index contributed by atoms with van der Waals surface area (Å²) in [6.45, 7) is 0.201. The van der Waals surface area contributed by atoms with Gasteiger partial charge in [0.05, 0.1) is 13.7 Å². The third kappa shape index (κ3) is 3.09. The van der Waals surface area contributed by atoms with Crippen molar-refractivity contribution < 1.29 is 13.2 Å². The molecule has 0 saturated carbocycles. The summed E-state index contributed by atoms with van der Waals surface area (Å²) in [5, 5.41) is 0. The topological polar surface area (TPSA) is 59.5 Å². The van der Waals surface area contributed by atoms with Crippen LogP contribution < -0.4 is 4.74 Å². The van der Waals surface area contributed by atoms with E-state index in [0.717, 1.165) is 9.18 Å². The Morgan fingerprint density at radius 3 is 2.79 bits per heavy atom. The van der Waals surface area contributed by atoms with E-state index in [9.17, 15) is 8.42 Å². The molecule has 1 heterocycles. The lowest BCUT2D eigenvalue weighted by atomic mass is 10.5. The van der Waals surface area contributed by atoms with Gasteiger partial charge in [-0.2, -0.15) is 17.1 Å². The van der Waals surface area contributed by atoms with Crippen molar-refractivity contribution >= 4 is 31.5 Å². The normalized spacial score (nSPS) is 12.0. The van der Waals surface area contributed by atoms with Crippen LogP contribution in [0.25, 0.3) is 0 Å². The minimum absolute atomic E-state index is 0.201. The highest BCUT2D eigenvalue weighted by Crippen LogP contribution is 2.19. The number of hydrogen-bond acceptors (Lipinski definition) is 5. The van der Waals surface area contributed by atoms with Gasteiger partial charge in [-0.05, 0) is 11.5 Å². The minimum atomic E-state index is -3.65. The molecule has 0 saturated heterocycles. The zero-order chi connectivity index (χ0) is 10.8. The fourth-order valence-electron chi connectivity index (χ4n) is 0.761. The molecule has 1 aromatic heterocycles. The third-order valence-corrected chi connectivity index (χ3v) is 3.83. The SMILES string of the molecule is COc1cc(CN(C)S(=O)(=O)Cl)sn1. The van der Waals surface area contributed by atoms with Crippen LogP contribution in [0.15, 0.2) is 6.07 Å². The highest BCUT2D eigenvalue weighted by molar-refractivity contribution is 8.11. The maximum absolute atomic E-state index is 10.9. The number of halogens is 1. The van der Waals surface area contributed by atoms with Gasteiger partial charge in [0.1, 0.15) is 0 Å². The number of aromatic nitrogens is 1. The molecule has 14 heavy (non-hydrogen) atoms. The van der Waals surface area contributed by atoms with Crippen molar-refractivity contribution in [2.45, 2.75) is 6.54 Å². The van der Waals surface area contributed by atoms with E-state index in [1.807, 2.05) is 0 Å². The molecule has 0 aliphatic rings. The molecule has 0 unspecified atom stereocenters. The molecule has 1 aromatic rings. The van der Waals surface area contributed by atoms with Crippen LogP contribution in [0, 0.1) is 0 Å². The van der Waals surface area contributed by atoms with E-state index in [2.05, 4.69) is 4.37 Å². The van der Waals surface area contributed by atoms with Crippen LogP contribution in [0.4, 0.5) is 0 Å². The fourth-order valence-corrected chi connectivity index (χ4v) is 2.02. The second-order valence-corrected chi connectivity index (χ2v) is 6.04. The molecule has 1 rings (SSSR count). The van der Waals surface area contributed by atoms with Gasteiger partial charge in [-0.15, -0.1) is 0 Å². The van der Waals surface area contributed by atoms with Crippen molar-refractivity contribution in [1.29, 1.82) is 0 Å². The molecular formula is C6H9ClN2O3S2. The Bertz CT molecular complexity index is 403. The van der Waals surface area contributed by atoms with E-state index in [0.29, 0.717) is 5.88 Å². The smallest absolute Gasteiger partial charge is 0.299 e. The molecule has 0 spiro atoms. The van der Waals surface area contributed by atoms with Crippen LogP contribution in [0.3, 0.4) is 0 Å². The van der Waals surface area contributed by atoms with Gasteiger partial charge in [0.15, 0.2) is 0 Å². The first kappa shape index (κ1) is 11.7. The molecule has 0 N–H and O–H groups in total.